The molecule has 1 saturated carbocycles. The number of ether oxygens (including phenoxy) is 1. The molecule has 3 aromatic heterocycles. The third kappa shape index (κ3) is 4.57. The molecule has 0 aliphatic heterocycles. The van der Waals surface area contributed by atoms with Crippen LogP contribution in [0.25, 0.3) is 9.40 Å². The van der Waals surface area contributed by atoms with Gasteiger partial charge in [0.1, 0.15) is 28.2 Å². The highest BCUT2D eigenvalue weighted by Crippen LogP contribution is 2.52. The van der Waals surface area contributed by atoms with Gasteiger partial charge in [-0.3, -0.25) is 10.1 Å². The lowest BCUT2D eigenvalue weighted by Gasteiger charge is -2.15. The summed E-state index contributed by atoms with van der Waals surface area (Å²) in [5.74, 6) is 5.29. The molecule has 1 atom stereocenters. The number of nitrogens with one attached hydrogen (secondary N) is 1. The molecule has 1 aromatic carbocycles. The Kier molecular flexibility index (Phi) is 6.45. The summed E-state index contributed by atoms with van der Waals surface area (Å²) in [5.41, 5.74) is 0.190. The Morgan fingerprint density at radius 2 is 1.97 bits per heavy atom. The molecule has 0 bridgehead atoms. The smallest absolute Gasteiger partial charge is 0.412 e. The molecule has 180 valence electrons. The first-order valence-electron chi connectivity index (χ1n) is 10.7. The van der Waals surface area contributed by atoms with Crippen molar-refractivity contribution in [3.8, 4) is 17.9 Å². The van der Waals surface area contributed by atoms with Gasteiger partial charge in [-0.15, -0.1) is 22.7 Å². The van der Waals surface area contributed by atoms with Crippen LogP contribution in [0.2, 0.25) is 5.02 Å². The Morgan fingerprint density at radius 3 is 2.64 bits per heavy atom. The molecule has 5 rings (SSSR count). The average Bonchev–Trinajstić information content (AvgIpc) is 3.23. The highest BCUT2D eigenvalue weighted by molar-refractivity contribution is 7.28. The monoisotopic (exact) mass is 553 g/mol. The summed E-state index contributed by atoms with van der Waals surface area (Å²) < 4.78 is 11.5. The van der Waals surface area contributed by atoms with Gasteiger partial charge < -0.3 is 9.84 Å². The maximum Gasteiger partial charge on any atom is 0.412 e. The molecule has 1 aliphatic rings. The van der Waals surface area contributed by atoms with E-state index in [0.29, 0.717) is 28.3 Å². The van der Waals surface area contributed by atoms with Gasteiger partial charge in [0.15, 0.2) is 5.69 Å². The third-order valence-electron chi connectivity index (χ3n) is 5.79. The standard InChI is InChI=1S/C25H16ClN3O4S3/c1-13(15-4-2-3-5-16(15)26)33-24(32)28-22-17(12-27)29-36-18(22)7-6-14-10-19-20(34-14)11-21(35-19)25(8-9-25)23(30)31/h2-5,10-11,13H,8-9H2,1H3,(H,28,32)(H,30,31). The zero-order chi connectivity index (χ0) is 25.4. The van der Waals surface area contributed by atoms with Gasteiger partial charge in [-0.2, -0.15) is 9.64 Å². The van der Waals surface area contributed by atoms with E-state index in [1.165, 1.54) is 22.7 Å². The van der Waals surface area contributed by atoms with Gasteiger partial charge in [-0.1, -0.05) is 29.8 Å². The Morgan fingerprint density at radius 1 is 1.22 bits per heavy atom. The normalized spacial score (nSPS) is 14.4. The van der Waals surface area contributed by atoms with E-state index in [0.717, 1.165) is 30.7 Å². The summed E-state index contributed by atoms with van der Waals surface area (Å²) in [5, 5.41) is 22.0. The number of fused-ring (bicyclic) bond motifs is 1. The number of hydrogen-bond donors (Lipinski definition) is 2. The van der Waals surface area contributed by atoms with Gasteiger partial charge >= 0.3 is 12.1 Å². The lowest BCUT2D eigenvalue weighted by atomic mass is 10.1. The van der Waals surface area contributed by atoms with E-state index >= 15 is 0 Å². The maximum atomic E-state index is 12.6. The van der Waals surface area contributed by atoms with Crippen LogP contribution in [-0.2, 0) is 14.9 Å². The van der Waals surface area contributed by atoms with E-state index in [4.69, 9.17) is 16.3 Å². The molecule has 1 fully saturated rings. The topological polar surface area (TPSA) is 112 Å². The minimum Gasteiger partial charge on any atom is -0.481 e. The number of nitrogens with zero attached hydrogens (tertiary/aromatic N) is 2. The van der Waals surface area contributed by atoms with Crippen molar-refractivity contribution in [2.24, 2.45) is 0 Å². The molecule has 4 aromatic rings. The van der Waals surface area contributed by atoms with Crippen molar-refractivity contribution in [1.82, 2.24) is 4.37 Å². The van der Waals surface area contributed by atoms with E-state index in [2.05, 4.69) is 21.5 Å². The fourth-order valence-electron chi connectivity index (χ4n) is 3.67. The summed E-state index contributed by atoms with van der Waals surface area (Å²) in [6.07, 6.45) is -0.0147. The number of aromatic nitrogens is 1. The zero-order valence-electron chi connectivity index (χ0n) is 18.6. The number of anilines is 1. The molecular weight excluding hydrogens is 538 g/mol. The van der Waals surface area contributed by atoms with Crippen LogP contribution in [0.5, 0.6) is 0 Å². The van der Waals surface area contributed by atoms with Crippen LogP contribution in [0.15, 0.2) is 36.4 Å². The van der Waals surface area contributed by atoms with Crippen molar-refractivity contribution in [3.63, 3.8) is 0 Å². The Labute approximate surface area is 223 Å². The van der Waals surface area contributed by atoms with Gasteiger partial charge in [-0.05, 0) is 61.3 Å². The quantitative estimate of drug-likeness (QED) is 0.264. The summed E-state index contributed by atoms with van der Waals surface area (Å²) in [4.78, 5) is 26.3. The number of carboxylic acids is 1. The maximum absolute atomic E-state index is 12.6. The number of thiophene rings is 2. The van der Waals surface area contributed by atoms with E-state index < -0.39 is 23.6 Å². The van der Waals surface area contributed by atoms with Crippen LogP contribution in [-0.4, -0.2) is 21.5 Å². The van der Waals surface area contributed by atoms with Crippen molar-refractivity contribution in [2.45, 2.75) is 31.3 Å². The van der Waals surface area contributed by atoms with E-state index in [1.807, 2.05) is 18.2 Å². The van der Waals surface area contributed by atoms with Crippen LogP contribution in [0, 0.1) is 23.2 Å². The van der Waals surface area contributed by atoms with Crippen LogP contribution in [0.4, 0.5) is 10.5 Å². The number of amides is 1. The summed E-state index contributed by atoms with van der Waals surface area (Å²) in [6, 6.07) is 12.9. The number of aliphatic carboxylic acids is 1. The number of carboxylic acid groups (broad SMARTS) is 1. The molecule has 0 saturated heterocycles. The molecule has 0 radical (unpaired) electrons. The Hall–Kier alpha value is -3.41. The van der Waals surface area contributed by atoms with Crippen LogP contribution < -0.4 is 5.32 Å². The summed E-state index contributed by atoms with van der Waals surface area (Å²) >= 11 is 10.1. The van der Waals surface area contributed by atoms with Crippen molar-refractivity contribution >= 4 is 73.0 Å². The molecule has 3 heterocycles. The minimum absolute atomic E-state index is 0.0480. The molecule has 11 heteroatoms. The number of nitriles is 1. The molecule has 7 nitrogen and oxygen atoms in total. The first-order valence-corrected chi connectivity index (χ1v) is 13.5. The SMILES string of the molecule is CC(OC(=O)Nc1c(C#N)nsc1C#Cc1cc2sc(C3(C(=O)O)CC3)cc2s1)c1ccccc1Cl. The minimum atomic E-state index is -0.769. The van der Waals surface area contributed by atoms with Gasteiger partial charge in [0, 0.05) is 24.9 Å². The lowest BCUT2D eigenvalue weighted by Crippen LogP contribution is -2.17. The first kappa shape index (κ1) is 24.3. The van der Waals surface area contributed by atoms with Crippen molar-refractivity contribution in [1.29, 1.82) is 5.26 Å². The number of hydrogen-bond acceptors (Lipinski definition) is 8. The second-order valence-electron chi connectivity index (χ2n) is 8.13. The second kappa shape index (κ2) is 9.57. The van der Waals surface area contributed by atoms with E-state index in [1.54, 1.807) is 31.2 Å². The third-order valence-corrected chi connectivity index (χ3v) is 9.31. The molecule has 1 aliphatic carbocycles. The highest BCUT2D eigenvalue weighted by atomic mass is 35.5. The second-order valence-corrected chi connectivity index (χ2v) is 11.5. The van der Waals surface area contributed by atoms with Crippen LogP contribution in [0.3, 0.4) is 0 Å². The Bertz CT molecular complexity index is 1580. The Balaban J connectivity index is 1.33. The fraction of sp³-hybridized carbons (Fsp3) is 0.200. The van der Waals surface area contributed by atoms with E-state index in [-0.39, 0.29) is 11.4 Å². The number of carbonyl (C=O) groups excluding carboxylic acids is 1. The molecule has 2 N–H and O–H groups in total. The highest BCUT2D eigenvalue weighted by Gasteiger charge is 2.53. The fourth-order valence-corrected chi connectivity index (χ4v) is 7.10. The molecule has 0 spiro atoms. The number of benzene rings is 1. The number of halogens is 1. The van der Waals surface area contributed by atoms with Crippen molar-refractivity contribution in [2.75, 3.05) is 5.32 Å². The summed E-state index contributed by atoms with van der Waals surface area (Å²) in [6.45, 7) is 1.70. The predicted octanol–water partition coefficient (Wildman–Crippen LogP) is 6.77. The summed E-state index contributed by atoms with van der Waals surface area (Å²) in [7, 11) is 0. The van der Waals surface area contributed by atoms with Crippen molar-refractivity contribution < 1.29 is 19.4 Å². The zero-order valence-corrected chi connectivity index (χ0v) is 21.8. The van der Waals surface area contributed by atoms with E-state index in [9.17, 15) is 20.0 Å². The van der Waals surface area contributed by atoms with Gasteiger partial charge in [0.25, 0.3) is 0 Å². The van der Waals surface area contributed by atoms with Gasteiger partial charge in [0.2, 0.25) is 0 Å². The molecule has 1 unspecified atom stereocenters. The molecular formula is C25H16ClN3O4S3. The molecule has 1 amide bonds. The largest absolute Gasteiger partial charge is 0.481 e. The van der Waals surface area contributed by atoms with Crippen LogP contribution >= 0.6 is 45.8 Å². The average molecular weight is 554 g/mol. The number of rotatable bonds is 5. The first-order chi connectivity index (χ1) is 17.3. The lowest BCUT2D eigenvalue weighted by molar-refractivity contribution is -0.139. The van der Waals surface area contributed by atoms with Gasteiger partial charge in [-0.25, -0.2) is 4.79 Å². The molecule has 36 heavy (non-hydrogen) atoms. The van der Waals surface area contributed by atoms with Crippen molar-refractivity contribution in [3.05, 3.63) is 67.3 Å². The van der Waals surface area contributed by atoms with Gasteiger partial charge in [0.05, 0.1) is 4.88 Å². The number of carbonyl (C=O) groups is 2. The predicted molar refractivity (Wildman–Crippen MR) is 141 cm³/mol. The van der Waals surface area contributed by atoms with Crippen LogP contribution in [0.1, 0.15) is 51.8 Å².